The van der Waals surface area contributed by atoms with Gasteiger partial charge in [-0.3, -0.25) is 9.48 Å². The summed E-state index contributed by atoms with van der Waals surface area (Å²) in [5.74, 6) is 2.72. The monoisotopic (exact) mass is 371 g/mol. The van der Waals surface area contributed by atoms with Crippen LogP contribution in [-0.4, -0.2) is 67.5 Å². The lowest BCUT2D eigenvalue weighted by atomic mass is 10.3. The summed E-state index contributed by atoms with van der Waals surface area (Å²) in [4.78, 5) is 21.1. The topological polar surface area (TPSA) is 96.5 Å². The van der Waals surface area contributed by atoms with Crippen molar-refractivity contribution in [3.63, 3.8) is 0 Å². The van der Waals surface area contributed by atoms with Crippen LogP contribution in [0, 0.1) is 0 Å². The number of piperazine rings is 1. The second-order valence-electron chi connectivity index (χ2n) is 6.80. The van der Waals surface area contributed by atoms with Gasteiger partial charge < -0.3 is 19.7 Å². The third-order valence-electron chi connectivity index (χ3n) is 4.91. The standard InChI is InChI=1S/C17H25N9O/c1-3-18-17(19-10-15-22-21-14-5-4-6-26(14)15)24-7-8-25(16(27)12-24)13-9-20-23(2)11-13/h9,11H,3-8,10,12H2,1-2H3,(H,18,19). The predicted molar refractivity (Wildman–Crippen MR) is 100 cm³/mol. The van der Waals surface area contributed by atoms with Crippen LogP contribution < -0.4 is 10.2 Å². The third kappa shape index (κ3) is 3.51. The molecule has 2 aliphatic heterocycles. The van der Waals surface area contributed by atoms with Crippen molar-refractivity contribution in [1.82, 2.24) is 34.8 Å². The molecule has 1 amide bonds. The number of guanidine groups is 1. The van der Waals surface area contributed by atoms with Crippen LogP contribution in [0.4, 0.5) is 5.69 Å². The van der Waals surface area contributed by atoms with E-state index in [1.807, 2.05) is 25.1 Å². The van der Waals surface area contributed by atoms with E-state index < -0.39 is 0 Å². The fourth-order valence-electron chi connectivity index (χ4n) is 3.57. The van der Waals surface area contributed by atoms with E-state index in [2.05, 4.69) is 25.2 Å². The number of carbonyl (C=O) groups is 1. The van der Waals surface area contributed by atoms with Gasteiger partial charge in [-0.1, -0.05) is 0 Å². The van der Waals surface area contributed by atoms with Crippen molar-refractivity contribution >= 4 is 17.6 Å². The summed E-state index contributed by atoms with van der Waals surface area (Å²) < 4.78 is 3.86. The first-order valence-electron chi connectivity index (χ1n) is 9.39. The lowest BCUT2D eigenvalue weighted by Gasteiger charge is -2.35. The average Bonchev–Trinajstić information content (AvgIpc) is 3.36. The van der Waals surface area contributed by atoms with Crippen molar-refractivity contribution in [2.75, 3.05) is 31.1 Å². The minimum absolute atomic E-state index is 0.0447. The van der Waals surface area contributed by atoms with Gasteiger partial charge in [-0.2, -0.15) is 5.10 Å². The first-order valence-corrected chi connectivity index (χ1v) is 9.39. The lowest BCUT2D eigenvalue weighted by Crippen LogP contribution is -2.55. The Morgan fingerprint density at radius 3 is 2.93 bits per heavy atom. The van der Waals surface area contributed by atoms with Gasteiger partial charge in [-0.05, 0) is 13.3 Å². The SMILES string of the molecule is CCNC(=NCc1nnc2n1CCC2)N1CCN(c2cnn(C)c2)C(=O)C1. The molecule has 0 atom stereocenters. The van der Waals surface area contributed by atoms with Gasteiger partial charge in [-0.25, -0.2) is 4.99 Å². The molecular formula is C17H25N9O. The molecule has 4 rings (SSSR count). The van der Waals surface area contributed by atoms with E-state index in [9.17, 15) is 4.79 Å². The summed E-state index contributed by atoms with van der Waals surface area (Å²) >= 11 is 0. The molecule has 2 aromatic heterocycles. The van der Waals surface area contributed by atoms with Crippen LogP contribution in [0.5, 0.6) is 0 Å². The van der Waals surface area contributed by atoms with Gasteiger partial charge in [-0.15, -0.1) is 10.2 Å². The van der Waals surface area contributed by atoms with Crippen LogP contribution >= 0.6 is 0 Å². The van der Waals surface area contributed by atoms with Crippen molar-refractivity contribution in [2.24, 2.45) is 12.0 Å². The van der Waals surface area contributed by atoms with Gasteiger partial charge in [0.2, 0.25) is 5.91 Å². The summed E-state index contributed by atoms with van der Waals surface area (Å²) in [7, 11) is 1.85. The number of amides is 1. The molecule has 2 aliphatic rings. The predicted octanol–water partition coefficient (Wildman–Crippen LogP) is -0.228. The molecule has 27 heavy (non-hydrogen) atoms. The normalized spacial score (nSPS) is 17.6. The Balaban J connectivity index is 1.45. The minimum atomic E-state index is 0.0447. The molecule has 1 fully saturated rings. The maximum Gasteiger partial charge on any atom is 0.246 e. The molecule has 1 N–H and O–H groups in total. The number of aliphatic imine (C=N–C) groups is 1. The molecule has 0 radical (unpaired) electrons. The quantitative estimate of drug-likeness (QED) is 0.589. The molecule has 0 saturated carbocycles. The molecule has 4 heterocycles. The molecule has 10 heteroatoms. The number of aryl methyl sites for hydroxylation is 2. The number of rotatable bonds is 4. The smallest absolute Gasteiger partial charge is 0.246 e. The molecule has 0 bridgehead atoms. The second-order valence-corrected chi connectivity index (χ2v) is 6.80. The largest absolute Gasteiger partial charge is 0.356 e. The second kappa shape index (κ2) is 7.37. The van der Waals surface area contributed by atoms with E-state index in [1.165, 1.54) is 0 Å². The van der Waals surface area contributed by atoms with Crippen molar-refractivity contribution in [3.05, 3.63) is 24.0 Å². The third-order valence-corrected chi connectivity index (χ3v) is 4.91. The number of carbonyl (C=O) groups excluding carboxylic acids is 1. The summed E-state index contributed by atoms with van der Waals surface area (Å²) in [6, 6.07) is 0. The Kier molecular flexibility index (Phi) is 4.78. The molecule has 0 spiro atoms. The molecule has 1 saturated heterocycles. The molecule has 2 aromatic rings. The molecule has 144 valence electrons. The molecule has 0 aliphatic carbocycles. The van der Waals surface area contributed by atoms with Crippen molar-refractivity contribution in [1.29, 1.82) is 0 Å². The lowest BCUT2D eigenvalue weighted by molar-refractivity contribution is -0.120. The molecular weight excluding hydrogens is 346 g/mol. The Hall–Kier alpha value is -2.91. The van der Waals surface area contributed by atoms with Gasteiger partial charge >= 0.3 is 0 Å². The highest BCUT2D eigenvalue weighted by Gasteiger charge is 2.28. The van der Waals surface area contributed by atoms with Crippen molar-refractivity contribution < 1.29 is 4.79 Å². The summed E-state index contributed by atoms with van der Waals surface area (Å²) in [6.07, 6.45) is 5.69. The van der Waals surface area contributed by atoms with Crippen LogP contribution in [0.25, 0.3) is 0 Å². The maximum atomic E-state index is 12.6. The van der Waals surface area contributed by atoms with Crippen LogP contribution in [0.1, 0.15) is 25.0 Å². The number of hydrogen-bond donors (Lipinski definition) is 1. The highest BCUT2D eigenvalue weighted by molar-refractivity contribution is 5.98. The number of nitrogens with zero attached hydrogens (tertiary/aromatic N) is 8. The highest BCUT2D eigenvalue weighted by atomic mass is 16.2. The van der Waals surface area contributed by atoms with Crippen molar-refractivity contribution in [2.45, 2.75) is 32.9 Å². The van der Waals surface area contributed by atoms with Gasteiger partial charge in [0.1, 0.15) is 18.9 Å². The number of anilines is 1. The summed E-state index contributed by atoms with van der Waals surface area (Å²) in [5.41, 5.74) is 0.836. The van der Waals surface area contributed by atoms with E-state index in [-0.39, 0.29) is 5.91 Å². The number of nitrogens with one attached hydrogen (secondary N) is 1. The van der Waals surface area contributed by atoms with E-state index in [1.54, 1.807) is 15.8 Å². The number of hydrogen-bond acceptors (Lipinski definition) is 5. The Bertz CT molecular complexity index is 852. The Morgan fingerprint density at radius 1 is 1.30 bits per heavy atom. The molecule has 0 unspecified atom stereocenters. The molecule has 0 aromatic carbocycles. The van der Waals surface area contributed by atoms with Crippen LogP contribution in [-0.2, 0) is 31.4 Å². The zero-order valence-electron chi connectivity index (χ0n) is 15.8. The van der Waals surface area contributed by atoms with Gasteiger partial charge in [0, 0.05) is 45.8 Å². The van der Waals surface area contributed by atoms with Crippen LogP contribution in [0.15, 0.2) is 17.4 Å². The first kappa shape index (κ1) is 17.5. The van der Waals surface area contributed by atoms with E-state index in [0.29, 0.717) is 26.2 Å². The maximum absolute atomic E-state index is 12.6. The highest BCUT2D eigenvalue weighted by Crippen LogP contribution is 2.17. The number of fused-ring (bicyclic) bond motifs is 1. The molecule has 10 nitrogen and oxygen atoms in total. The van der Waals surface area contributed by atoms with Crippen LogP contribution in [0.2, 0.25) is 0 Å². The Labute approximate surface area is 157 Å². The van der Waals surface area contributed by atoms with Gasteiger partial charge in [0.15, 0.2) is 11.8 Å². The minimum Gasteiger partial charge on any atom is -0.356 e. The number of aromatic nitrogens is 5. The van der Waals surface area contributed by atoms with Crippen LogP contribution in [0.3, 0.4) is 0 Å². The van der Waals surface area contributed by atoms with Gasteiger partial charge in [0.05, 0.1) is 11.9 Å². The summed E-state index contributed by atoms with van der Waals surface area (Å²) in [5, 5.41) is 15.9. The Morgan fingerprint density at radius 2 is 2.19 bits per heavy atom. The summed E-state index contributed by atoms with van der Waals surface area (Å²) in [6.45, 7) is 5.81. The first-order chi connectivity index (χ1) is 13.2. The average molecular weight is 371 g/mol. The van der Waals surface area contributed by atoms with Crippen molar-refractivity contribution in [3.8, 4) is 0 Å². The van der Waals surface area contributed by atoms with Gasteiger partial charge in [0.25, 0.3) is 0 Å². The fraction of sp³-hybridized carbons (Fsp3) is 0.588. The zero-order chi connectivity index (χ0) is 18.8. The zero-order valence-corrected chi connectivity index (χ0v) is 15.8. The fourth-order valence-corrected chi connectivity index (χ4v) is 3.57. The van der Waals surface area contributed by atoms with E-state index >= 15 is 0 Å². The van der Waals surface area contributed by atoms with E-state index in [0.717, 1.165) is 49.2 Å². The van der Waals surface area contributed by atoms with E-state index in [4.69, 9.17) is 4.99 Å².